The van der Waals surface area contributed by atoms with Crippen molar-refractivity contribution in [2.45, 2.75) is 20.5 Å². The van der Waals surface area contributed by atoms with Crippen LogP contribution in [-0.2, 0) is 6.61 Å². The van der Waals surface area contributed by atoms with Gasteiger partial charge < -0.3 is 15.5 Å². The molecule has 6 heteroatoms. The topological polar surface area (TPSA) is 56.4 Å². The van der Waals surface area contributed by atoms with E-state index in [1.807, 2.05) is 55.6 Å². The van der Waals surface area contributed by atoms with Gasteiger partial charge in [-0.2, -0.15) is 4.57 Å². The number of benzene rings is 1. The summed E-state index contributed by atoms with van der Waals surface area (Å²) in [5.41, 5.74) is 4.31. The van der Waals surface area contributed by atoms with Crippen molar-refractivity contribution in [2.24, 2.45) is 0 Å². The predicted molar refractivity (Wildman–Crippen MR) is 115 cm³/mol. The second kappa shape index (κ2) is 8.43. The molecular formula is C21H21N2O2S2+. The Morgan fingerprint density at radius 1 is 1.15 bits per heavy atom. The maximum absolute atomic E-state index is 10.9. The van der Waals surface area contributed by atoms with Gasteiger partial charge in [0.05, 0.1) is 11.5 Å². The van der Waals surface area contributed by atoms with Gasteiger partial charge in [0.25, 0.3) is 5.70 Å². The number of aliphatic hydroxyl groups excluding tert-OH is 2. The molecule has 0 atom stereocenters. The molecule has 0 aliphatic rings. The van der Waals surface area contributed by atoms with Crippen LogP contribution in [0.25, 0.3) is 11.5 Å². The number of aliphatic hydroxyl groups is 2. The second-order valence-corrected chi connectivity index (χ2v) is 7.64. The Morgan fingerprint density at radius 3 is 2.52 bits per heavy atom. The first kappa shape index (κ1) is 19.2. The van der Waals surface area contributed by atoms with Crippen LogP contribution in [0.3, 0.4) is 0 Å². The summed E-state index contributed by atoms with van der Waals surface area (Å²) in [4.78, 5) is 1.11. The lowest BCUT2D eigenvalue weighted by molar-refractivity contribution is -0.576. The average molecular weight is 398 g/mol. The SMILES string of the molecule is Cc1cc(C)cc(NC(=S)C(=C(O)c2cccs2)[n+]2cccc(CO)c2)c1. The summed E-state index contributed by atoms with van der Waals surface area (Å²) in [7, 11) is 0. The van der Waals surface area contributed by atoms with Gasteiger partial charge in [-0.15, -0.1) is 11.3 Å². The maximum atomic E-state index is 10.9. The molecule has 0 aliphatic carbocycles. The Bertz CT molecular complexity index is 975. The lowest BCUT2D eigenvalue weighted by atomic mass is 10.1. The van der Waals surface area contributed by atoms with Gasteiger partial charge in [0.1, 0.15) is 0 Å². The van der Waals surface area contributed by atoms with E-state index in [0.717, 1.165) is 27.3 Å². The van der Waals surface area contributed by atoms with E-state index in [1.165, 1.54) is 11.3 Å². The number of thiophene rings is 1. The second-order valence-electron chi connectivity index (χ2n) is 6.28. The molecule has 0 unspecified atom stereocenters. The van der Waals surface area contributed by atoms with Crippen molar-refractivity contribution >= 4 is 45.7 Å². The van der Waals surface area contributed by atoms with E-state index in [1.54, 1.807) is 17.0 Å². The first-order valence-corrected chi connectivity index (χ1v) is 9.75. The van der Waals surface area contributed by atoms with Gasteiger partial charge in [0.2, 0.25) is 5.76 Å². The largest absolute Gasteiger partial charge is 0.501 e. The fourth-order valence-corrected chi connectivity index (χ4v) is 3.86. The molecule has 3 rings (SSSR count). The lowest BCUT2D eigenvalue weighted by Gasteiger charge is -2.11. The summed E-state index contributed by atoms with van der Waals surface area (Å²) in [6.07, 6.45) is 3.56. The molecule has 3 aromatic rings. The number of hydrogen-bond acceptors (Lipinski definition) is 4. The molecular weight excluding hydrogens is 376 g/mol. The predicted octanol–water partition coefficient (Wildman–Crippen LogP) is 4.47. The number of nitrogens with one attached hydrogen (secondary N) is 1. The molecule has 0 aliphatic heterocycles. The van der Waals surface area contributed by atoms with Gasteiger partial charge in [-0.05, 0) is 54.6 Å². The van der Waals surface area contributed by atoms with Crippen LogP contribution < -0.4 is 9.88 Å². The highest BCUT2D eigenvalue weighted by Crippen LogP contribution is 2.23. The molecule has 3 N–H and O–H groups in total. The zero-order chi connectivity index (χ0) is 19.4. The summed E-state index contributed by atoms with van der Waals surface area (Å²) in [5.74, 6) is 0.0898. The highest BCUT2D eigenvalue weighted by Gasteiger charge is 2.25. The van der Waals surface area contributed by atoms with Crippen molar-refractivity contribution in [3.63, 3.8) is 0 Å². The number of nitrogens with zero attached hydrogens (tertiary/aromatic N) is 1. The normalized spacial score (nSPS) is 11.8. The minimum atomic E-state index is -0.0921. The van der Waals surface area contributed by atoms with Crippen LogP contribution in [0, 0.1) is 13.8 Å². The third kappa shape index (κ3) is 4.60. The summed E-state index contributed by atoms with van der Waals surface area (Å²) in [6.45, 7) is 3.96. The molecule has 0 saturated carbocycles. The molecule has 27 heavy (non-hydrogen) atoms. The van der Waals surface area contributed by atoms with Gasteiger partial charge in [-0.1, -0.05) is 24.4 Å². The van der Waals surface area contributed by atoms with Gasteiger partial charge in [-0.25, -0.2) is 0 Å². The fraction of sp³-hybridized carbons (Fsp3) is 0.143. The zero-order valence-corrected chi connectivity index (χ0v) is 16.8. The molecule has 0 fully saturated rings. The van der Waals surface area contributed by atoms with Gasteiger partial charge in [0.15, 0.2) is 17.4 Å². The monoisotopic (exact) mass is 397 g/mol. The lowest BCUT2D eigenvalue weighted by Crippen LogP contribution is -2.39. The number of pyridine rings is 1. The number of aromatic nitrogens is 1. The van der Waals surface area contributed by atoms with E-state index in [-0.39, 0.29) is 12.4 Å². The fourth-order valence-electron chi connectivity index (χ4n) is 2.87. The first-order valence-electron chi connectivity index (χ1n) is 8.46. The number of rotatable bonds is 5. The molecule has 0 saturated heterocycles. The van der Waals surface area contributed by atoms with Gasteiger partial charge in [0, 0.05) is 17.3 Å². The van der Waals surface area contributed by atoms with E-state index in [2.05, 4.69) is 11.4 Å². The number of anilines is 1. The summed E-state index contributed by atoms with van der Waals surface area (Å²) >= 11 is 7.08. The van der Waals surface area contributed by atoms with Crippen LogP contribution in [0.1, 0.15) is 21.6 Å². The average Bonchev–Trinajstić information content (AvgIpc) is 3.16. The molecule has 0 radical (unpaired) electrons. The van der Waals surface area contributed by atoms with Crippen molar-refractivity contribution < 1.29 is 14.8 Å². The van der Waals surface area contributed by atoms with Crippen molar-refractivity contribution in [1.82, 2.24) is 0 Å². The Hall–Kier alpha value is -2.54. The maximum Gasteiger partial charge on any atom is 0.289 e. The molecule has 138 valence electrons. The highest BCUT2D eigenvalue weighted by atomic mass is 32.1. The molecule has 0 amide bonds. The summed E-state index contributed by atoms with van der Waals surface area (Å²) in [5, 5.41) is 25.5. The van der Waals surface area contributed by atoms with Crippen molar-refractivity contribution in [3.8, 4) is 0 Å². The Kier molecular flexibility index (Phi) is 6.01. The van der Waals surface area contributed by atoms with Crippen LogP contribution in [-0.4, -0.2) is 15.2 Å². The summed E-state index contributed by atoms with van der Waals surface area (Å²) < 4.78 is 1.73. The van der Waals surface area contributed by atoms with Crippen molar-refractivity contribution in [2.75, 3.05) is 5.32 Å². The van der Waals surface area contributed by atoms with Gasteiger partial charge >= 0.3 is 0 Å². The highest BCUT2D eigenvalue weighted by molar-refractivity contribution is 7.81. The van der Waals surface area contributed by atoms with E-state index < -0.39 is 0 Å². The first-order chi connectivity index (χ1) is 13.0. The quantitative estimate of drug-likeness (QED) is 0.257. The van der Waals surface area contributed by atoms with Gasteiger partial charge in [-0.3, -0.25) is 0 Å². The molecule has 4 nitrogen and oxygen atoms in total. The van der Waals surface area contributed by atoms with Crippen LogP contribution in [0.15, 0.2) is 60.2 Å². The number of aryl methyl sites for hydroxylation is 2. The third-order valence-electron chi connectivity index (χ3n) is 3.98. The standard InChI is InChI=1S/C21H20N2O2S2/c1-14-9-15(2)11-17(10-14)22-21(26)19(20(25)18-6-4-8-27-18)23-7-3-5-16(12-23)13-24/h3-12,24H,13H2,1-2H3,(H-,22,25,26)/p+1. The Morgan fingerprint density at radius 2 is 1.89 bits per heavy atom. The number of hydrogen-bond donors (Lipinski definition) is 3. The molecule has 2 aromatic heterocycles. The number of thiocarbonyl (C=S) groups is 1. The van der Waals surface area contributed by atoms with E-state index in [4.69, 9.17) is 12.2 Å². The van der Waals surface area contributed by atoms with E-state index >= 15 is 0 Å². The van der Waals surface area contributed by atoms with Crippen LogP contribution in [0.5, 0.6) is 0 Å². The van der Waals surface area contributed by atoms with Crippen molar-refractivity contribution in [3.05, 3.63) is 81.8 Å². The van der Waals surface area contributed by atoms with Crippen LogP contribution in [0.2, 0.25) is 0 Å². The van der Waals surface area contributed by atoms with Crippen LogP contribution in [0.4, 0.5) is 5.69 Å². The third-order valence-corrected chi connectivity index (χ3v) is 5.15. The molecule has 1 aromatic carbocycles. The Labute approximate surface area is 168 Å². The van der Waals surface area contributed by atoms with Crippen LogP contribution >= 0.6 is 23.6 Å². The zero-order valence-electron chi connectivity index (χ0n) is 15.1. The molecule has 0 spiro atoms. The minimum Gasteiger partial charge on any atom is -0.501 e. The van der Waals surface area contributed by atoms with Crippen molar-refractivity contribution in [1.29, 1.82) is 0 Å². The van der Waals surface area contributed by atoms with E-state index in [9.17, 15) is 10.2 Å². The minimum absolute atomic E-state index is 0.0898. The molecule has 2 heterocycles. The Balaban J connectivity index is 2.06. The van der Waals surface area contributed by atoms with E-state index in [0.29, 0.717) is 10.7 Å². The summed E-state index contributed by atoms with van der Waals surface area (Å²) in [6, 6.07) is 13.5. The molecule has 0 bridgehead atoms. The smallest absolute Gasteiger partial charge is 0.289 e.